The van der Waals surface area contributed by atoms with Crippen molar-refractivity contribution in [1.82, 2.24) is 19.8 Å². The highest BCUT2D eigenvalue weighted by Crippen LogP contribution is 2.31. The third-order valence-corrected chi connectivity index (χ3v) is 5.91. The molecule has 0 bridgehead atoms. The molecule has 0 radical (unpaired) electrons. The maximum absolute atomic E-state index is 13.0. The Morgan fingerprint density at radius 3 is 2.87 bits per heavy atom. The van der Waals surface area contributed by atoms with Gasteiger partial charge in [0.05, 0.1) is 24.3 Å². The largest absolute Gasteiger partial charge is 0.491 e. The van der Waals surface area contributed by atoms with E-state index in [2.05, 4.69) is 10.3 Å². The second kappa shape index (κ2) is 8.55. The van der Waals surface area contributed by atoms with E-state index < -0.39 is 5.60 Å². The number of aliphatic hydroxyl groups is 1. The van der Waals surface area contributed by atoms with Gasteiger partial charge in [0, 0.05) is 36.6 Å². The van der Waals surface area contributed by atoms with E-state index in [9.17, 15) is 9.90 Å². The van der Waals surface area contributed by atoms with Crippen molar-refractivity contribution in [3.05, 3.63) is 64.8 Å². The number of rotatable bonds is 6. The number of fused-ring (bicyclic) bond motifs is 1. The van der Waals surface area contributed by atoms with Gasteiger partial charge in [0.15, 0.2) is 0 Å². The Morgan fingerprint density at radius 1 is 1.32 bits per heavy atom. The van der Waals surface area contributed by atoms with Crippen LogP contribution in [0.25, 0.3) is 0 Å². The van der Waals surface area contributed by atoms with Crippen LogP contribution < -0.4 is 4.74 Å². The monoisotopic (exact) mass is 424 g/mol. The molecule has 1 atom stereocenters. The third kappa shape index (κ3) is 4.64. The summed E-state index contributed by atoms with van der Waals surface area (Å²) < 4.78 is 12.9. The van der Waals surface area contributed by atoms with Crippen LogP contribution in [-0.4, -0.2) is 44.0 Å². The summed E-state index contributed by atoms with van der Waals surface area (Å²) >= 11 is 0. The van der Waals surface area contributed by atoms with Crippen molar-refractivity contribution in [2.45, 2.75) is 52.3 Å². The lowest BCUT2D eigenvalue weighted by Gasteiger charge is -2.25. The second-order valence-corrected chi connectivity index (χ2v) is 8.26. The predicted octanol–water partition coefficient (Wildman–Crippen LogP) is 2.75. The van der Waals surface area contributed by atoms with Gasteiger partial charge in [-0.15, -0.1) is 0 Å². The zero-order chi connectivity index (χ0) is 22.0. The summed E-state index contributed by atoms with van der Waals surface area (Å²) in [5, 5.41) is 19.2. The zero-order valence-electron chi connectivity index (χ0n) is 18.2. The number of aromatic nitrogens is 3. The van der Waals surface area contributed by atoms with Crippen LogP contribution in [0, 0.1) is 13.8 Å². The number of benzene rings is 1. The normalized spacial score (nSPS) is 15.7. The third-order valence-electron chi connectivity index (χ3n) is 5.91. The fourth-order valence-electron chi connectivity index (χ4n) is 3.87. The minimum Gasteiger partial charge on any atom is -0.491 e. The number of hydrogen-bond acceptors (Lipinski definition) is 6. The average molecular weight is 425 g/mol. The second-order valence-electron chi connectivity index (χ2n) is 8.26. The maximum Gasteiger partial charge on any atom is 0.227 e. The lowest BCUT2D eigenvalue weighted by Crippen LogP contribution is -2.34. The summed E-state index contributed by atoms with van der Waals surface area (Å²) in [6.45, 7) is 7.43. The van der Waals surface area contributed by atoms with Gasteiger partial charge in [0.2, 0.25) is 5.91 Å². The van der Waals surface area contributed by atoms with Crippen LogP contribution in [0.4, 0.5) is 0 Å². The minimum atomic E-state index is -1.03. The van der Waals surface area contributed by atoms with E-state index in [4.69, 9.17) is 9.26 Å². The molecule has 0 saturated carbocycles. The van der Waals surface area contributed by atoms with Crippen molar-refractivity contribution >= 4 is 5.91 Å². The van der Waals surface area contributed by atoms with Crippen LogP contribution in [0.15, 0.2) is 41.2 Å². The van der Waals surface area contributed by atoms with Gasteiger partial charge in [-0.3, -0.25) is 9.48 Å². The van der Waals surface area contributed by atoms with Crippen LogP contribution in [0.1, 0.15) is 41.5 Å². The number of amides is 1. The topological polar surface area (TPSA) is 93.6 Å². The Bertz CT molecular complexity index is 1040. The van der Waals surface area contributed by atoms with E-state index in [1.165, 1.54) is 0 Å². The standard InChI is InChI=1S/C23H28N4O4/c1-16-20(17(2)31-25-16)14-22(28)26-11-12-30-21-6-5-19(13-18(21)15-26)23(3,29)7-10-27-9-4-8-24-27/h4-6,8-9,13,29H,7,10-12,14-15H2,1-3H3. The molecule has 2 aromatic heterocycles. The molecule has 8 heteroatoms. The Morgan fingerprint density at radius 2 is 2.16 bits per heavy atom. The summed E-state index contributed by atoms with van der Waals surface area (Å²) in [4.78, 5) is 14.8. The van der Waals surface area contributed by atoms with Gasteiger partial charge in [-0.25, -0.2) is 0 Å². The quantitative estimate of drug-likeness (QED) is 0.654. The van der Waals surface area contributed by atoms with E-state index in [0.29, 0.717) is 38.4 Å². The molecular weight excluding hydrogens is 396 g/mol. The number of aryl methyl sites for hydroxylation is 3. The van der Waals surface area contributed by atoms with Gasteiger partial charge < -0.3 is 19.3 Å². The summed E-state index contributed by atoms with van der Waals surface area (Å²) in [5.41, 5.74) is 2.24. The molecule has 1 unspecified atom stereocenters. The molecule has 0 saturated heterocycles. The lowest BCUT2D eigenvalue weighted by molar-refractivity contribution is -0.131. The molecule has 1 aliphatic heterocycles. The number of nitrogens with zero attached hydrogens (tertiary/aromatic N) is 4. The van der Waals surface area contributed by atoms with Crippen LogP contribution in [0.5, 0.6) is 5.75 Å². The summed E-state index contributed by atoms with van der Waals surface area (Å²) in [5.74, 6) is 1.42. The van der Waals surface area contributed by atoms with Gasteiger partial charge >= 0.3 is 0 Å². The number of carbonyl (C=O) groups excluding carboxylic acids is 1. The first-order valence-electron chi connectivity index (χ1n) is 10.5. The summed E-state index contributed by atoms with van der Waals surface area (Å²) in [6.07, 6.45) is 4.37. The molecule has 3 aromatic rings. The molecule has 1 aromatic carbocycles. The Hall–Kier alpha value is -3.13. The maximum atomic E-state index is 13.0. The summed E-state index contributed by atoms with van der Waals surface area (Å²) in [6, 6.07) is 7.58. The molecule has 1 amide bonds. The minimum absolute atomic E-state index is 0.00157. The van der Waals surface area contributed by atoms with Crippen molar-refractivity contribution in [2.75, 3.05) is 13.2 Å². The molecule has 8 nitrogen and oxygen atoms in total. The Balaban J connectivity index is 1.50. The van der Waals surface area contributed by atoms with Crippen molar-refractivity contribution in [2.24, 2.45) is 0 Å². The van der Waals surface area contributed by atoms with Crippen LogP contribution >= 0.6 is 0 Å². The van der Waals surface area contributed by atoms with Crippen LogP contribution in [0.3, 0.4) is 0 Å². The van der Waals surface area contributed by atoms with Crippen molar-refractivity contribution in [3.63, 3.8) is 0 Å². The molecule has 164 valence electrons. The summed E-state index contributed by atoms with van der Waals surface area (Å²) in [7, 11) is 0. The average Bonchev–Trinajstić information content (AvgIpc) is 3.31. The molecule has 31 heavy (non-hydrogen) atoms. The van der Waals surface area contributed by atoms with E-state index >= 15 is 0 Å². The van der Waals surface area contributed by atoms with E-state index in [1.54, 1.807) is 22.7 Å². The molecule has 1 aliphatic rings. The zero-order valence-corrected chi connectivity index (χ0v) is 18.2. The lowest BCUT2D eigenvalue weighted by atomic mass is 9.91. The number of hydrogen-bond donors (Lipinski definition) is 1. The van der Waals surface area contributed by atoms with Gasteiger partial charge in [-0.1, -0.05) is 11.2 Å². The molecule has 4 rings (SSSR count). The first-order chi connectivity index (χ1) is 14.8. The van der Waals surface area contributed by atoms with Gasteiger partial charge in [-0.2, -0.15) is 5.10 Å². The number of carbonyl (C=O) groups is 1. The van der Waals surface area contributed by atoms with Crippen molar-refractivity contribution in [1.29, 1.82) is 0 Å². The van der Waals surface area contributed by atoms with Gasteiger partial charge in [0.25, 0.3) is 0 Å². The van der Waals surface area contributed by atoms with E-state index in [1.807, 2.05) is 44.3 Å². The van der Waals surface area contributed by atoms with Gasteiger partial charge in [-0.05, 0) is 51.0 Å². The first kappa shape index (κ1) is 21.1. The van der Waals surface area contributed by atoms with Crippen LogP contribution in [-0.2, 0) is 29.9 Å². The fourth-order valence-corrected chi connectivity index (χ4v) is 3.87. The highest BCUT2D eigenvalue weighted by Gasteiger charge is 2.27. The molecule has 0 fully saturated rings. The smallest absolute Gasteiger partial charge is 0.227 e. The first-order valence-corrected chi connectivity index (χ1v) is 10.5. The molecule has 3 heterocycles. The molecule has 0 spiro atoms. The molecular formula is C23H28N4O4. The Labute approximate surface area is 181 Å². The van der Waals surface area contributed by atoms with Crippen LogP contribution in [0.2, 0.25) is 0 Å². The van der Waals surface area contributed by atoms with Gasteiger partial charge in [0.1, 0.15) is 18.1 Å². The fraction of sp³-hybridized carbons (Fsp3) is 0.435. The van der Waals surface area contributed by atoms with E-state index in [0.717, 1.165) is 28.1 Å². The highest BCUT2D eigenvalue weighted by atomic mass is 16.5. The molecule has 0 aliphatic carbocycles. The van der Waals surface area contributed by atoms with Crippen molar-refractivity contribution < 1.29 is 19.2 Å². The highest BCUT2D eigenvalue weighted by molar-refractivity contribution is 5.79. The predicted molar refractivity (Wildman–Crippen MR) is 113 cm³/mol. The van der Waals surface area contributed by atoms with Crippen molar-refractivity contribution in [3.8, 4) is 5.75 Å². The van der Waals surface area contributed by atoms with E-state index in [-0.39, 0.29) is 12.3 Å². The number of ether oxygens (including phenoxy) is 1. The Kier molecular flexibility index (Phi) is 5.82. The SMILES string of the molecule is Cc1noc(C)c1CC(=O)N1CCOc2ccc(C(C)(O)CCn3cccn3)cc2C1. The molecule has 1 N–H and O–H groups in total.